The summed E-state index contributed by atoms with van der Waals surface area (Å²) in [6, 6.07) is 6.39. The van der Waals surface area contributed by atoms with Crippen molar-refractivity contribution in [1.29, 1.82) is 0 Å². The molecule has 1 aromatic heterocycles. The van der Waals surface area contributed by atoms with Crippen LogP contribution in [0.2, 0.25) is 5.02 Å². The summed E-state index contributed by atoms with van der Waals surface area (Å²) in [5, 5.41) is 0.523. The zero-order chi connectivity index (χ0) is 17.1. The summed E-state index contributed by atoms with van der Waals surface area (Å²) >= 11 is 12.2. The monoisotopic (exact) mass is 354 g/mol. The van der Waals surface area contributed by atoms with E-state index in [1.54, 1.807) is 45.0 Å². The number of imidazole rings is 1. The predicted octanol–water partition coefficient (Wildman–Crippen LogP) is 3.95. The van der Waals surface area contributed by atoms with Crippen LogP contribution in [0.4, 0.5) is 0 Å². The number of aryl methyl sites for hydroxylation is 1. The van der Waals surface area contributed by atoms with Crippen LogP contribution in [-0.4, -0.2) is 27.9 Å². The molecule has 0 aliphatic heterocycles. The Morgan fingerprint density at radius 1 is 1.26 bits per heavy atom. The van der Waals surface area contributed by atoms with Gasteiger partial charge in [0.25, 0.3) is 0 Å². The van der Waals surface area contributed by atoms with E-state index in [9.17, 15) is 9.59 Å². The van der Waals surface area contributed by atoms with Crippen LogP contribution >= 0.6 is 23.2 Å². The van der Waals surface area contributed by atoms with Crippen molar-refractivity contribution in [2.24, 2.45) is 0 Å². The van der Waals surface area contributed by atoms with Crippen LogP contribution in [0.5, 0.6) is 0 Å². The normalized spacial score (nSPS) is 12.0. The number of aromatic nitrogens is 2. The predicted molar refractivity (Wildman–Crippen MR) is 88.3 cm³/mol. The Balaban J connectivity index is 2.42. The molecule has 0 aliphatic rings. The molecule has 0 saturated heterocycles. The number of Topliss-reactive ketones (excluding diaryl/α,β-unsaturated/α-hetero) is 1. The van der Waals surface area contributed by atoms with Crippen molar-refractivity contribution in [2.75, 3.05) is 6.61 Å². The van der Waals surface area contributed by atoms with Gasteiger partial charge in [-0.3, -0.25) is 9.36 Å². The molecule has 1 aromatic carbocycles. The van der Waals surface area contributed by atoms with Crippen LogP contribution in [-0.2, 0) is 4.74 Å². The van der Waals surface area contributed by atoms with Crippen LogP contribution in [0.1, 0.15) is 44.8 Å². The average Bonchev–Trinajstić information content (AvgIpc) is 2.82. The van der Waals surface area contributed by atoms with Crippen LogP contribution in [0.3, 0.4) is 0 Å². The smallest absolute Gasteiger partial charge is 0.374 e. The number of carbonyl (C=O) groups is 2. The summed E-state index contributed by atoms with van der Waals surface area (Å²) < 4.78 is 6.37. The average molecular weight is 355 g/mol. The van der Waals surface area contributed by atoms with E-state index in [1.165, 1.54) is 4.57 Å². The second kappa shape index (κ2) is 7.15. The summed E-state index contributed by atoms with van der Waals surface area (Å²) in [5.41, 5.74) is 0.546. The van der Waals surface area contributed by atoms with Gasteiger partial charge < -0.3 is 4.74 Å². The molecule has 0 fully saturated rings. The van der Waals surface area contributed by atoms with E-state index < -0.39 is 11.5 Å². The quantitative estimate of drug-likeness (QED) is 0.463. The Morgan fingerprint density at radius 3 is 2.43 bits per heavy atom. The molecular formula is C16H16Cl2N2O3. The maximum Gasteiger partial charge on any atom is 0.374 e. The topological polar surface area (TPSA) is 61.2 Å². The fourth-order valence-electron chi connectivity index (χ4n) is 2.11. The second-order valence-corrected chi connectivity index (χ2v) is 5.75. The number of nitrogens with zero attached hydrogens (tertiary/aromatic N) is 2. The lowest BCUT2D eigenvalue weighted by atomic mass is 10.1. The van der Waals surface area contributed by atoms with E-state index >= 15 is 0 Å². The van der Waals surface area contributed by atoms with Crippen LogP contribution in [0.25, 0.3) is 0 Å². The zero-order valence-corrected chi connectivity index (χ0v) is 14.5. The molecular weight excluding hydrogens is 339 g/mol. The van der Waals surface area contributed by atoms with Crippen molar-refractivity contribution in [3.05, 3.63) is 52.1 Å². The molecule has 2 rings (SSSR count). The lowest BCUT2D eigenvalue weighted by Gasteiger charge is -2.15. The minimum absolute atomic E-state index is 0.0177. The van der Waals surface area contributed by atoms with Gasteiger partial charge in [0.05, 0.1) is 12.3 Å². The fourth-order valence-corrected chi connectivity index (χ4v) is 2.60. The number of benzene rings is 1. The Labute approximate surface area is 144 Å². The Hall–Kier alpha value is -1.85. The van der Waals surface area contributed by atoms with E-state index in [0.717, 1.165) is 0 Å². The van der Waals surface area contributed by atoms with Gasteiger partial charge >= 0.3 is 5.97 Å². The third kappa shape index (κ3) is 3.57. The van der Waals surface area contributed by atoms with Gasteiger partial charge in [-0.05, 0) is 45.0 Å². The van der Waals surface area contributed by atoms with Crippen molar-refractivity contribution in [3.8, 4) is 0 Å². The summed E-state index contributed by atoms with van der Waals surface area (Å²) in [6.45, 7) is 5.39. The number of halogens is 2. The highest BCUT2D eigenvalue weighted by Crippen LogP contribution is 2.25. The first-order chi connectivity index (χ1) is 10.9. The van der Waals surface area contributed by atoms with Gasteiger partial charge in [-0.1, -0.05) is 23.2 Å². The van der Waals surface area contributed by atoms with Crippen molar-refractivity contribution in [2.45, 2.75) is 26.3 Å². The first-order valence-corrected chi connectivity index (χ1v) is 7.84. The molecule has 0 amide bonds. The van der Waals surface area contributed by atoms with Crippen LogP contribution in [0.15, 0.2) is 24.3 Å². The van der Waals surface area contributed by atoms with Crippen molar-refractivity contribution >= 4 is 35.0 Å². The van der Waals surface area contributed by atoms with E-state index in [4.69, 9.17) is 27.9 Å². The van der Waals surface area contributed by atoms with Crippen LogP contribution in [0, 0.1) is 13.8 Å². The van der Waals surface area contributed by atoms with E-state index in [2.05, 4.69) is 4.98 Å². The number of hydrogen-bond acceptors (Lipinski definition) is 4. The minimum atomic E-state index is -1.10. The number of ketones is 1. The third-order valence-corrected chi connectivity index (χ3v) is 4.06. The molecule has 0 saturated carbocycles. The molecule has 0 radical (unpaired) electrons. The molecule has 1 heterocycles. The Bertz CT molecular complexity index is 739. The molecule has 23 heavy (non-hydrogen) atoms. The number of ether oxygens (including phenoxy) is 1. The standard InChI is InChI=1S/C16H16Cl2N2O3/c1-4-23-16(22)15-19-9(2)10(3)20(15)14(18)13(21)11-5-7-12(17)8-6-11/h5-8,14H,4H2,1-3H3. The summed E-state index contributed by atoms with van der Waals surface area (Å²) in [6.07, 6.45) is 0. The van der Waals surface area contributed by atoms with Gasteiger partial charge in [-0.25, -0.2) is 9.78 Å². The summed E-state index contributed by atoms with van der Waals surface area (Å²) in [7, 11) is 0. The minimum Gasteiger partial charge on any atom is -0.460 e. The SMILES string of the molecule is CCOC(=O)c1nc(C)c(C)n1C(Cl)C(=O)c1ccc(Cl)cc1. The second-order valence-electron chi connectivity index (χ2n) is 4.90. The first-order valence-electron chi connectivity index (χ1n) is 7.03. The van der Waals surface area contributed by atoms with Gasteiger partial charge in [-0.15, -0.1) is 0 Å². The summed E-state index contributed by atoms with van der Waals surface area (Å²) in [4.78, 5) is 28.8. The maximum atomic E-state index is 12.6. The van der Waals surface area contributed by atoms with Gasteiger partial charge in [0, 0.05) is 16.3 Å². The number of alkyl halides is 1. The molecule has 0 bridgehead atoms. The van der Waals surface area contributed by atoms with E-state index in [1.807, 2.05) is 0 Å². The highest BCUT2D eigenvalue weighted by Gasteiger charge is 2.28. The van der Waals surface area contributed by atoms with Gasteiger partial charge in [0.2, 0.25) is 11.6 Å². The zero-order valence-electron chi connectivity index (χ0n) is 13.0. The number of hydrogen-bond donors (Lipinski definition) is 0. The Kier molecular flexibility index (Phi) is 5.44. The van der Waals surface area contributed by atoms with Gasteiger partial charge in [0.15, 0.2) is 5.50 Å². The van der Waals surface area contributed by atoms with Gasteiger partial charge in [-0.2, -0.15) is 0 Å². The highest BCUT2D eigenvalue weighted by molar-refractivity contribution is 6.32. The fraction of sp³-hybridized carbons (Fsp3) is 0.312. The van der Waals surface area contributed by atoms with Crippen molar-refractivity contribution in [1.82, 2.24) is 9.55 Å². The third-order valence-electron chi connectivity index (χ3n) is 3.42. The largest absolute Gasteiger partial charge is 0.460 e. The maximum absolute atomic E-state index is 12.6. The molecule has 0 aliphatic carbocycles. The number of rotatable bonds is 5. The van der Waals surface area contributed by atoms with Crippen LogP contribution < -0.4 is 0 Å². The lowest BCUT2D eigenvalue weighted by molar-refractivity contribution is 0.0505. The van der Waals surface area contributed by atoms with E-state index in [0.29, 0.717) is 22.0 Å². The van der Waals surface area contributed by atoms with Gasteiger partial charge in [0.1, 0.15) is 0 Å². The molecule has 0 N–H and O–H groups in total. The highest BCUT2D eigenvalue weighted by atomic mass is 35.5. The summed E-state index contributed by atoms with van der Waals surface area (Å²) in [5.74, 6) is -0.947. The van der Waals surface area contributed by atoms with Crippen molar-refractivity contribution < 1.29 is 14.3 Å². The molecule has 1 unspecified atom stereocenters. The molecule has 122 valence electrons. The molecule has 7 heteroatoms. The van der Waals surface area contributed by atoms with Crippen molar-refractivity contribution in [3.63, 3.8) is 0 Å². The molecule has 0 spiro atoms. The first kappa shape index (κ1) is 17.5. The van der Waals surface area contributed by atoms with E-state index in [-0.39, 0.29) is 18.2 Å². The lowest BCUT2D eigenvalue weighted by Crippen LogP contribution is -2.21. The molecule has 2 aromatic rings. The molecule has 5 nitrogen and oxygen atoms in total. The Morgan fingerprint density at radius 2 is 1.87 bits per heavy atom. The number of esters is 1. The molecule has 1 atom stereocenters. The number of carbonyl (C=O) groups excluding carboxylic acids is 2.